The molecule has 0 aliphatic carbocycles. The Morgan fingerprint density at radius 1 is 1.58 bits per heavy atom. The highest BCUT2D eigenvalue weighted by Gasteiger charge is 2.13. The summed E-state index contributed by atoms with van der Waals surface area (Å²) in [6, 6.07) is 7.26. The van der Waals surface area contributed by atoms with Crippen molar-refractivity contribution in [3.8, 4) is 6.07 Å². The number of pyridine rings is 1. The molecule has 0 aliphatic rings. The maximum absolute atomic E-state index is 12.0. The molecule has 0 unspecified atom stereocenters. The molecule has 19 heavy (non-hydrogen) atoms. The molecule has 2 aromatic heterocycles. The van der Waals surface area contributed by atoms with Crippen LogP contribution in [0.25, 0.3) is 0 Å². The molecular formula is C13H10BrN3OS. The van der Waals surface area contributed by atoms with Crippen LogP contribution < -0.4 is 5.32 Å². The molecule has 4 nitrogen and oxygen atoms in total. The minimum absolute atomic E-state index is 0.312. The van der Waals surface area contributed by atoms with Crippen molar-refractivity contribution >= 4 is 38.2 Å². The minimum atomic E-state index is -0.312. The number of nitriles is 1. The van der Waals surface area contributed by atoms with Crippen LogP contribution in [0.5, 0.6) is 0 Å². The lowest BCUT2D eigenvalue weighted by molar-refractivity contribution is 0.102. The molecule has 0 bridgehead atoms. The maximum atomic E-state index is 12.0. The zero-order valence-electron chi connectivity index (χ0n) is 10.1. The number of aromatic nitrogens is 1. The second kappa shape index (κ2) is 5.95. The van der Waals surface area contributed by atoms with Crippen molar-refractivity contribution in [1.29, 1.82) is 5.26 Å². The van der Waals surface area contributed by atoms with E-state index in [1.807, 2.05) is 6.92 Å². The van der Waals surface area contributed by atoms with Crippen molar-refractivity contribution in [2.24, 2.45) is 0 Å². The molecule has 6 heteroatoms. The van der Waals surface area contributed by atoms with E-state index in [0.717, 1.165) is 15.8 Å². The number of nitrogens with zero attached hydrogens (tertiary/aromatic N) is 2. The molecule has 2 rings (SSSR count). The predicted molar refractivity (Wildman–Crippen MR) is 78.3 cm³/mol. The van der Waals surface area contributed by atoms with Crippen molar-refractivity contribution in [3.05, 3.63) is 45.0 Å². The molecule has 0 spiro atoms. The van der Waals surface area contributed by atoms with Crippen LogP contribution in [0.3, 0.4) is 0 Å². The van der Waals surface area contributed by atoms with Crippen molar-refractivity contribution in [2.75, 3.05) is 5.32 Å². The molecule has 1 amide bonds. The number of amides is 1. The van der Waals surface area contributed by atoms with Gasteiger partial charge in [-0.25, -0.2) is 4.98 Å². The molecular weight excluding hydrogens is 326 g/mol. The lowest BCUT2D eigenvalue weighted by Gasteiger charge is -2.02. The van der Waals surface area contributed by atoms with Gasteiger partial charge in [-0.05, 0) is 40.5 Å². The quantitative estimate of drug-likeness (QED) is 0.931. The molecule has 0 aliphatic heterocycles. The molecule has 96 valence electrons. The Hall–Kier alpha value is -1.71. The molecule has 0 fully saturated rings. The monoisotopic (exact) mass is 335 g/mol. The number of anilines is 1. The second-order valence-electron chi connectivity index (χ2n) is 3.74. The van der Waals surface area contributed by atoms with E-state index < -0.39 is 0 Å². The van der Waals surface area contributed by atoms with E-state index in [1.54, 1.807) is 24.4 Å². The first kappa shape index (κ1) is 13.7. The van der Waals surface area contributed by atoms with Gasteiger partial charge >= 0.3 is 0 Å². The Labute approximate surface area is 123 Å². The summed E-state index contributed by atoms with van der Waals surface area (Å²) < 4.78 is 0.811. The summed E-state index contributed by atoms with van der Waals surface area (Å²) in [4.78, 5) is 17.1. The number of rotatable bonds is 3. The van der Waals surface area contributed by atoms with Crippen LogP contribution in [0.4, 0.5) is 5.00 Å². The Bertz CT molecular complexity index is 643. The number of hydrogen-bond acceptors (Lipinski definition) is 4. The third-order valence-electron chi connectivity index (χ3n) is 2.44. The maximum Gasteiger partial charge on any atom is 0.274 e. The lowest BCUT2D eigenvalue weighted by Crippen LogP contribution is -2.13. The molecule has 2 heterocycles. The average molecular weight is 336 g/mol. The van der Waals surface area contributed by atoms with E-state index in [-0.39, 0.29) is 5.91 Å². The van der Waals surface area contributed by atoms with Crippen molar-refractivity contribution in [2.45, 2.75) is 13.3 Å². The fraction of sp³-hybridized carbons (Fsp3) is 0.154. The van der Waals surface area contributed by atoms with Crippen LogP contribution in [0.1, 0.15) is 27.9 Å². The molecule has 0 aromatic carbocycles. The molecule has 0 atom stereocenters. The van der Waals surface area contributed by atoms with Crippen LogP contribution >= 0.6 is 27.3 Å². The van der Waals surface area contributed by atoms with Crippen molar-refractivity contribution < 1.29 is 4.79 Å². The third-order valence-corrected chi connectivity index (χ3v) is 4.10. The van der Waals surface area contributed by atoms with Crippen LogP contribution in [-0.4, -0.2) is 10.9 Å². The first-order chi connectivity index (χ1) is 9.13. The van der Waals surface area contributed by atoms with Gasteiger partial charge in [0.1, 0.15) is 16.8 Å². The summed E-state index contributed by atoms with van der Waals surface area (Å²) in [5.41, 5.74) is 0.811. The van der Waals surface area contributed by atoms with Gasteiger partial charge in [0, 0.05) is 15.5 Å². The second-order valence-corrected chi connectivity index (χ2v) is 5.79. The number of halogens is 1. The van der Waals surface area contributed by atoms with Gasteiger partial charge in [0.2, 0.25) is 0 Å². The normalized spacial score (nSPS) is 9.95. The third kappa shape index (κ3) is 3.19. The molecule has 0 saturated carbocycles. The standard InChI is InChI=1S/C13H10BrN3OS/c1-2-10-5-8(6-15)13(19-10)17-12(18)11-4-3-9(14)7-16-11/h3-5,7H,2H2,1H3,(H,17,18). The highest BCUT2D eigenvalue weighted by molar-refractivity contribution is 9.10. The Balaban J connectivity index is 2.21. The van der Waals surface area contributed by atoms with E-state index in [0.29, 0.717) is 16.3 Å². The minimum Gasteiger partial charge on any atom is -0.311 e. The highest BCUT2D eigenvalue weighted by atomic mass is 79.9. The molecule has 2 aromatic rings. The van der Waals surface area contributed by atoms with Crippen LogP contribution in [0.2, 0.25) is 0 Å². The molecule has 0 radical (unpaired) electrons. The number of carbonyl (C=O) groups excluding carboxylic acids is 1. The molecule has 1 N–H and O–H groups in total. The Kier molecular flexibility index (Phi) is 4.30. The van der Waals surface area contributed by atoms with Gasteiger partial charge in [0.15, 0.2) is 0 Å². The number of aryl methyl sites for hydroxylation is 1. The Morgan fingerprint density at radius 3 is 2.95 bits per heavy atom. The fourth-order valence-electron chi connectivity index (χ4n) is 1.47. The Morgan fingerprint density at radius 2 is 2.37 bits per heavy atom. The zero-order chi connectivity index (χ0) is 13.8. The van der Waals surface area contributed by atoms with E-state index in [2.05, 4.69) is 32.3 Å². The van der Waals surface area contributed by atoms with Gasteiger partial charge in [-0.3, -0.25) is 4.79 Å². The first-order valence-corrected chi connectivity index (χ1v) is 7.20. The zero-order valence-corrected chi connectivity index (χ0v) is 12.5. The van der Waals surface area contributed by atoms with Gasteiger partial charge < -0.3 is 5.32 Å². The van der Waals surface area contributed by atoms with Crippen LogP contribution in [0.15, 0.2) is 28.9 Å². The summed E-state index contributed by atoms with van der Waals surface area (Å²) in [6.07, 6.45) is 2.40. The van der Waals surface area contributed by atoms with E-state index in [4.69, 9.17) is 5.26 Å². The number of hydrogen-bond donors (Lipinski definition) is 1. The van der Waals surface area contributed by atoms with E-state index >= 15 is 0 Å². The van der Waals surface area contributed by atoms with Gasteiger partial charge in [-0.2, -0.15) is 5.26 Å². The predicted octanol–water partition coefficient (Wildman–Crippen LogP) is 3.59. The van der Waals surface area contributed by atoms with Gasteiger partial charge in [0.05, 0.1) is 5.56 Å². The van der Waals surface area contributed by atoms with Gasteiger partial charge in [-0.15, -0.1) is 11.3 Å². The smallest absolute Gasteiger partial charge is 0.274 e. The topological polar surface area (TPSA) is 65.8 Å². The average Bonchev–Trinajstić information content (AvgIpc) is 2.81. The van der Waals surface area contributed by atoms with Crippen molar-refractivity contribution in [1.82, 2.24) is 4.98 Å². The summed E-state index contributed by atoms with van der Waals surface area (Å²) in [5.74, 6) is -0.312. The van der Waals surface area contributed by atoms with E-state index in [9.17, 15) is 4.79 Å². The molecule has 0 saturated heterocycles. The largest absolute Gasteiger partial charge is 0.311 e. The van der Waals surface area contributed by atoms with Crippen molar-refractivity contribution in [3.63, 3.8) is 0 Å². The summed E-state index contributed by atoms with van der Waals surface area (Å²) in [7, 11) is 0. The van der Waals surface area contributed by atoms with Gasteiger partial charge in [0.25, 0.3) is 5.91 Å². The SMILES string of the molecule is CCc1cc(C#N)c(NC(=O)c2ccc(Br)cn2)s1. The summed E-state index contributed by atoms with van der Waals surface area (Å²) in [6.45, 7) is 2.01. The summed E-state index contributed by atoms with van der Waals surface area (Å²) in [5, 5.41) is 12.3. The number of nitrogens with one attached hydrogen (secondary N) is 1. The lowest BCUT2D eigenvalue weighted by atomic mass is 10.3. The first-order valence-electron chi connectivity index (χ1n) is 5.59. The number of thiophene rings is 1. The van der Waals surface area contributed by atoms with Crippen LogP contribution in [0, 0.1) is 11.3 Å². The van der Waals surface area contributed by atoms with E-state index in [1.165, 1.54) is 11.3 Å². The highest BCUT2D eigenvalue weighted by Crippen LogP contribution is 2.28. The fourth-order valence-corrected chi connectivity index (χ4v) is 2.65. The van der Waals surface area contributed by atoms with Crippen LogP contribution in [-0.2, 0) is 6.42 Å². The van der Waals surface area contributed by atoms with Gasteiger partial charge in [-0.1, -0.05) is 6.92 Å². The number of carbonyl (C=O) groups is 1. The summed E-state index contributed by atoms with van der Waals surface area (Å²) >= 11 is 4.68.